The molecule has 0 unspecified atom stereocenters. The molecular formula is C9H15FO. The first-order chi connectivity index (χ1) is 5.36. The van der Waals surface area contributed by atoms with E-state index in [1.54, 1.807) is 32.1 Å². The van der Waals surface area contributed by atoms with E-state index >= 15 is 0 Å². The predicted octanol–water partition coefficient (Wildman–Crippen LogP) is 2.35. The summed E-state index contributed by atoms with van der Waals surface area (Å²) >= 11 is 0. The minimum Gasteiger partial charge on any atom is -0.300 e. The van der Waals surface area contributed by atoms with Gasteiger partial charge in [0, 0.05) is 0 Å². The summed E-state index contributed by atoms with van der Waals surface area (Å²) in [5, 5.41) is 0. The average Bonchev–Trinajstić information content (AvgIpc) is 2.67. The van der Waals surface area contributed by atoms with Crippen molar-refractivity contribution in [2.75, 3.05) is 6.67 Å². The van der Waals surface area contributed by atoms with Crippen LogP contribution in [0.15, 0.2) is 0 Å². The molecule has 0 aromatic rings. The van der Waals surface area contributed by atoms with E-state index in [0.717, 1.165) is 0 Å². The van der Waals surface area contributed by atoms with Gasteiger partial charge in [0.25, 0.3) is 0 Å². The summed E-state index contributed by atoms with van der Waals surface area (Å²) in [5.41, 5.74) is 0. The van der Waals surface area contributed by atoms with Crippen LogP contribution in [-0.2, 0) is 4.79 Å². The Bertz CT molecular complexity index is 107. The van der Waals surface area contributed by atoms with Crippen molar-refractivity contribution in [1.82, 2.24) is 0 Å². The Kier molecular flexibility index (Phi) is 3.53. The van der Waals surface area contributed by atoms with Crippen LogP contribution in [0.5, 0.6) is 0 Å². The lowest BCUT2D eigenvalue weighted by molar-refractivity contribution is -0.108. The van der Waals surface area contributed by atoms with Gasteiger partial charge in [-0.25, -0.2) is 4.39 Å². The molecule has 0 spiro atoms. The van der Waals surface area contributed by atoms with E-state index in [0.29, 0.717) is 0 Å². The molecular weight excluding hydrogens is 143 g/mol. The second-order valence-electron chi connectivity index (χ2n) is 3.44. The van der Waals surface area contributed by atoms with E-state index in [2.05, 4.69) is 0 Å². The largest absolute Gasteiger partial charge is 0.300 e. The Morgan fingerprint density at radius 3 is 1.64 bits per heavy atom. The van der Waals surface area contributed by atoms with E-state index < -0.39 is 6.67 Å². The van der Waals surface area contributed by atoms with Crippen LogP contribution in [0.25, 0.3) is 0 Å². The zero-order chi connectivity index (χ0) is 8.10. The van der Waals surface area contributed by atoms with Gasteiger partial charge in [-0.1, -0.05) is 25.7 Å². The SMILES string of the molecule is C1CC2CCC1C2.O=CCF. The zero-order valence-electron chi connectivity index (χ0n) is 6.76. The fourth-order valence-electron chi connectivity index (χ4n) is 2.17. The first-order valence-electron chi connectivity index (χ1n) is 4.36. The number of alkyl halides is 1. The Morgan fingerprint density at radius 2 is 1.55 bits per heavy atom. The van der Waals surface area contributed by atoms with Crippen molar-refractivity contribution in [1.29, 1.82) is 0 Å². The maximum Gasteiger partial charge on any atom is 0.150 e. The van der Waals surface area contributed by atoms with Crippen LogP contribution in [-0.4, -0.2) is 13.0 Å². The van der Waals surface area contributed by atoms with Crippen molar-refractivity contribution in [2.45, 2.75) is 32.1 Å². The number of aldehydes is 1. The van der Waals surface area contributed by atoms with Crippen LogP contribution >= 0.6 is 0 Å². The van der Waals surface area contributed by atoms with Crippen molar-refractivity contribution >= 4 is 6.29 Å². The van der Waals surface area contributed by atoms with E-state index in [-0.39, 0.29) is 6.29 Å². The highest BCUT2D eigenvalue weighted by Gasteiger charge is 2.30. The molecule has 2 rings (SSSR count). The van der Waals surface area contributed by atoms with Crippen LogP contribution in [0.1, 0.15) is 32.1 Å². The molecule has 0 saturated heterocycles. The summed E-state index contributed by atoms with van der Waals surface area (Å²) in [6, 6.07) is 0. The van der Waals surface area contributed by atoms with Crippen molar-refractivity contribution in [2.24, 2.45) is 11.8 Å². The van der Waals surface area contributed by atoms with Crippen LogP contribution in [0.4, 0.5) is 4.39 Å². The number of fused-ring (bicyclic) bond motifs is 2. The van der Waals surface area contributed by atoms with Gasteiger partial charge < -0.3 is 4.79 Å². The molecule has 0 N–H and O–H groups in total. The van der Waals surface area contributed by atoms with Gasteiger partial charge >= 0.3 is 0 Å². The maximum absolute atomic E-state index is 10.4. The minimum atomic E-state index is -0.861. The van der Waals surface area contributed by atoms with Gasteiger partial charge in [-0.3, -0.25) is 0 Å². The van der Waals surface area contributed by atoms with Gasteiger partial charge in [0.15, 0.2) is 6.29 Å². The Labute approximate surface area is 67.0 Å². The number of carbonyl (C=O) groups is 1. The molecule has 0 aromatic heterocycles. The standard InChI is InChI=1S/C7H12.C2H3FO/c1-2-7-4-3-6(1)5-7;3-1-2-4/h6-7H,1-5H2;2H,1H2. The van der Waals surface area contributed by atoms with Crippen LogP contribution in [0.2, 0.25) is 0 Å². The lowest BCUT2D eigenvalue weighted by Gasteiger charge is -2.05. The Hall–Kier alpha value is -0.400. The first-order valence-corrected chi connectivity index (χ1v) is 4.36. The maximum atomic E-state index is 10.4. The van der Waals surface area contributed by atoms with Crippen LogP contribution < -0.4 is 0 Å². The number of hydrogen-bond acceptors (Lipinski definition) is 1. The molecule has 0 atom stereocenters. The third kappa shape index (κ3) is 2.60. The monoisotopic (exact) mass is 158 g/mol. The van der Waals surface area contributed by atoms with Crippen molar-refractivity contribution in [3.05, 3.63) is 0 Å². The predicted molar refractivity (Wildman–Crippen MR) is 42.1 cm³/mol. The summed E-state index contributed by atoms with van der Waals surface area (Å²) in [4.78, 5) is 8.80. The molecule has 1 nitrogen and oxygen atoms in total. The number of hydrogen-bond donors (Lipinski definition) is 0. The highest BCUT2D eigenvalue weighted by molar-refractivity contribution is 5.50. The highest BCUT2D eigenvalue weighted by atomic mass is 19.1. The molecule has 2 aliphatic carbocycles. The average molecular weight is 158 g/mol. The molecule has 0 heterocycles. The quantitative estimate of drug-likeness (QED) is 0.535. The number of carbonyl (C=O) groups excluding carboxylic acids is 1. The molecule has 2 bridgehead atoms. The molecule has 11 heavy (non-hydrogen) atoms. The molecule has 2 fully saturated rings. The molecule has 2 heteroatoms. The van der Waals surface area contributed by atoms with Gasteiger partial charge in [0.05, 0.1) is 0 Å². The summed E-state index contributed by atoms with van der Waals surface area (Å²) in [7, 11) is 0. The minimum absolute atomic E-state index is 0.208. The van der Waals surface area contributed by atoms with Crippen molar-refractivity contribution < 1.29 is 9.18 Å². The molecule has 0 aliphatic heterocycles. The topological polar surface area (TPSA) is 17.1 Å². The molecule has 0 amide bonds. The molecule has 0 radical (unpaired) electrons. The van der Waals surface area contributed by atoms with E-state index in [9.17, 15) is 4.39 Å². The third-order valence-corrected chi connectivity index (χ3v) is 2.70. The fourth-order valence-corrected chi connectivity index (χ4v) is 2.17. The lowest BCUT2D eigenvalue weighted by Crippen LogP contribution is -1.90. The second-order valence-corrected chi connectivity index (χ2v) is 3.44. The highest BCUT2D eigenvalue weighted by Crippen LogP contribution is 2.43. The van der Waals surface area contributed by atoms with Gasteiger partial charge in [0.2, 0.25) is 0 Å². The fraction of sp³-hybridized carbons (Fsp3) is 0.889. The van der Waals surface area contributed by atoms with E-state index in [4.69, 9.17) is 4.79 Å². The summed E-state index contributed by atoms with van der Waals surface area (Å²) in [6.45, 7) is -0.861. The zero-order valence-corrected chi connectivity index (χ0v) is 6.76. The van der Waals surface area contributed by atoms with Crippen LogP contribution in [0.3, 0.4) is 0 Å². The second kappa shape index (κ2) is 4.47. The van der Waals surface area contributed by atoms with Crippen LogP contribution in [0, 0.1) is 11.8 Å². The van der Waals surface area contributed by atoms with Crippen molar-refractivity contribution in [3.63, 3.8) is 0 Å². The van der Waals surface area contributed by atoms with Gasteiger partial charge in [-0.15, -0.1) is 0 Å². The molecule has 64 valence electrons. The summed E-state index contributed by atoms with van der Waals surface area (Å²) in [5.74, 6) is 2.34. The third-order valence-electron chi connectivity index (χ3n) is 2.70. The van der Waals surface area contributed by atoms with Gasteiger partial charge in [0.1, 0.15) is 6.67 Å². The number of halogens is 1. The first kappa shape index (κ1) is 8.69. The normalized spacial score (nSPS) is 32.8. The summed E-state index contributed by atoms with van der Waals surface area (Å²) in [6.07, 6.45) is 8.03. The van der Waals surface area contributed by atoms with E-state index in [1.807, 2.05) is 0 Å². The molecule has 2 aliphatic rings. The van der Waals surface area contributed by atoms with Gasteiger partial charge in [-0.05, 0) is 18.3 Å². The smallest absolute Gasteiger partial charge is 0.150 e. The summed E-state index contributed by atoms with van der Waals surface area (Å²) < 4.78 is 10.4. The van der Waals surface area contributed by atoms with Gasteiger partial charge in [-0.2, -0.15) is 0 Å². The lowest BCUT2D eigenvalue weighted by atomic mass is 10.0. The van der Waals surface area contributed by atoms with Crippen molar-refractivity contribution in [3.8, 4) is 0 Å². The molecule has 2 saturated carbocycles. The number of rotatable bonds is 1. The molecule has 0 aromatic carbocycles. The Morgan fingerprint density at radius 1 is 1.18 bits per heavy atom. The Balaban J connectivity index is 0.000000134. The van der Waals surface area contributed by atoms with E-state index in [1.165, 1.54) is 11.8 Å².